The Morgan fingerprint density at radius 3 is 2.62 bits per heavy atom. The molecule has 1 amide bonds. The molecule has 0 spiro atoms. The van der Waals surface area contributed by atoms with Gasteiger partial charge in [-0.15, -0.1) is 0 Å². The highest BCUT2D eigenvalue weighted by Gasteiger charge is 2.34. The number of piperidine rings is 1. The molecule has 2 aromatic rings. The van der Waals surface area contributed by atoms with Crippen molar-refractivity contribution in [3.63, 3.8) is 0 Å². The smallest absolute Gasteiger partial charge is 0.225 e. The Hall–Kier alpha value is -2.24. The summed E-state index contributed by atoms with van der Waals surface area (Å²) in [4.78, 5) is 24.9. The minimum atomic E-state index is 0.228. The number of nitrogens with zero attached hydrogens (tertiary/aromatic N) is 4. The maximum Gasteiger partial charge on any atom is 0.225 e. The van der Waals surface area contributed by atoms with Gasteiger partial charge in [0.1, 0.15) is 5.82 Å². The van der Waals surface area contributed by atoms with E-state index in [4.69, 9.17) is 9.51 Å². The first-order chi connectivity index (χ1) is 14.2. The third-order valence-corrected chi connectivity index (χ3v) is 6.75. The molecule has 0 aromatic carbocycles. The third kappa shape index (κ3) is 3.94. The van der Waals surface area contributed by atoms with Crippen LogP contribution < -0.4 is 0 Å². The Bertz CT molecular complexity index is 883. The van der Waals surface area contributed by atoms with Crippen molar-refractivity contribution in [2.24, 2.45) is 5.92 Å². The number of likely N-dealkylation sites (tertiary alicyclic amines) is 1. The lowest BCUT2D eigenvalue weighted by atomic mass is 9.86. The molecule has 1 atom stereocenters. The number of carbonyl (C=O) groups is 1. The van der Waals surface area contributed by atoms with E-state index in [-0.39, 0.29) is 11.8 Å². The van der Waals surface area contributed by atoms with E-state index >= 15 is 0 Å². The van der Waals surface area contributed by atoms with Gasteiger partial charge in [0, 0.05) is 43.1 Å². The SMILES string of the molecule is Cc1cc(-c2cnc(C3CC3)nc2C2CCCN(C(=O)C3CCCCC3)C2)on1. The number of aromatic nitrogens is 3. The zero-order valence-corrected chi connectivity index (χ0v) is 17.3. The van der Waals surface area contributed by atoms with Crippen molar-refractivity contribution in [2.75, 3.05) is 13.1 Å². The zero-order valence-electron chi connectivity index (χ0n) is 17.3. The van der Waals surface area contributed by atoms with Crippen molar-refractivity contribution < 1.29 is 9.32 Å². The Labute approximate surface area is 172 Å². The first-order valence-corrected chi connectivity index (χ1v) is 11.3. The molecule has 1 saturated heterocycles. The minimum absolute atomic E-state index is 0.228. The Kier molecular flexibility index (Phi) is 5.10. The van der Waals surface area contributed by atoms with Crippen LogP contribution in [0.25, 0.3) is 11.3 Å². The van der Waals surface area contributed by atoms with E-state index in [9.17, 15) is 4.79 Å². The van der Waals surface area contributed by atoms with Gasteiger partial charge in [-0.2, -0.15) is 0 Å². The van der Waals surface area contributed by atoms with E-state index in [0.29, 0.717) is 11.8 Å². The van der Waals surface area contributed by atoms with E-state index in [2.05, 4.69) is 15.0 Å². The average molecular weight is 395 g/mol. The Morgan fingerprint density at radius 2 is 1.90 bits per heavy atom. The van der Waals surface area contributed by atoms with Gasteiger partial charge in [-0.1, -0.05) is 24.4 Å². The van der Waals surface area contributed by atoms with Crippen molar-refractivity contribution in [1.29, 1.82) is 0 Å². The molecule has 0 radical (unpaired) electrons. The van der Waals surface area contributed by atoms with Crippen LogP contribution in [0.5, 0.6) is 0 Å². The normalized spacial score (nSPS) is 23.3. The first-order valence-electron chi connectivity index (χ1n) is 11.3. The van der Waals surface area contributed by atoms with Crippen LogP contribution in [0.3, 0.4) is 0 Å². The van der Waals surface area contributed by atoms with Gasteiger partial charge in [0.2, 0.25) is 5.91 Å². The molecule has 3 aliphatic rings. The fraction of sp³-hybridized carbons (Fsp3) is 0.652. The largest absolute Gasteiger partial charge is 0.356 e. The summed E-state index contributed by atoms with van der Waals surface area (Å²) in [7, 11) is 0. The summed E-state index contributed by atoms with van der Waals surface area (Å²) >= 11 is 0. The van der Waals surface area contributed by atoms with Crippen molar-refractivity contribution in [3.05, 3.63) is 29.5 Å². The summed E-state index contributed by atoms with van der Waals surface area (Å²) in [6, 6.07) is 1.95. The van der Waals surface area contributed by atoms with Gasteiger partial charge in [0.25, 0.3) is 0 Å². The highest BCUT2D eigenvalue weighted by molar-refractivity contribution is 5.79. The summed E-state index contributed by atoms with van der Waals surface area (Å²) in [6.07, 6.45) is 12.1. The number of aryl methyl sites for hydroxylation is 1. The highest BCUT2D eigenvalue weighted by atomic mass is 16.5. The fourth-order valence-corrected chi connectivity index (χ4v) is 4.95. The van der Waals surface area contributed by atoms with Crippen molar-refractivity contribution in [2.45, 2.75) is 76.5 Å². The zero-order chi connectivity index (χ0) is 19.8. The molecule has 154 valence electrons. The van der Waals surface area contributed by atoms with Crippen LogP contribution in [-0.4, -0.2) is 39.0 Å². The van der Waals surface area contributed by atoms with E-state index in [1.807, 2.05) is 19.2 Å². The predicted octanol–water partition coefficient (Wildman–Crippen LogP) is 4.60. The lowest BCUT2D eigenvalue weighted by Gasteiger charge is -2.36. The third-order valence-electron chi connectivity index (χ3n) is 6.75. The lowest BCUT2D eigenvalue weighted by molar-refractivity contribution is -0.137. The molecular weight excluding hydrogens is 364 g/mol. The molecule has 2 saturated carbocycles. The highest BCUT2D eigenvalue weighted by Crippen LogP contribution is 2.41. The van der Waals surface area contributed by atoms with Crippen LogP contribution >= 0.6 is 0 Å². The van der Waals surface area contributed by atoms with Gasteiger partial charge < -0.3 is 9.42 Å². The van der Waals surface area contributed by atoms with Gasteiger partial charge >= 0.3 is 0 Å². The second-order valence-corrected chi connectivity index (χ2v) is 9.09. The van der Waals surface area contributed by atoms with Crippen LogP contribution in [0.1, 0.15) is 86.8 Å². The standard InChI is InChI=1S/C23H30N4O2/c1-15-12-20(29-26-15)19-13-24-22(16-9-10-16)25-21(19)18-8-5-11-27(14-18)23(28)17-6-3-2-4-7-17/h12-13,16-18H,2-11,14H2,1H3. The number of hydrogen-bond donors (Lipinski definition) is 0. The fourth-order valence-electron chi connectivity index (χ4n) is 4.95. The topological polar surface area (TPSA) is 72.1 Å². The molecule has 3 fully saturated rings. The van der Waals surface area contributed by atoms with Crippen LogP contribution in [0, 0.1) is 12.8 Å². The van der Waals surface area contributed by atoms with Crippen LogP contribution in [-0.2, 0) is 4.79 Å². The van der Waals surface area contributed by atoms with Crippen molar-refractivity contribution in [3.8, 4) is 11.3 Å². The molecule has 2 aromatic heterocycles. The molecule has 0 bridgehead atoms. The van der Waals surface area contributed by atoms with Crippen LogP contribution in [0.4, 0.5) is 0 Å². The van der Waals surface area contributed by atoms with E-state index in [1.165, 1.54) is 32.1 Å². The van der Waals surface area contributed by atoms with Crippen molar-refractivity contribution >= 4 is 5.91 Å². The number of amides is 1. The second kappa shape index (κ2) is 7.88. The molecule has 6 heteroatoms. The van der Waals surface area contributed by atoms with Gasteiger partial charge in [-0.25, -0.2) is 9.97 Å². The summed E-state index contributed by atoms with van der Waals surface area (Å²) in [5, 5.41) is 4.06. The summed E-state index contributed by atoms with van der Waals surface area (Å²) in [5.74, 6) is 3.01. The van der Waals surface area contributed by atoms with Gasteiger partial charge in [0.05, 0.1) is 17.0 Å². The Morgan fingerprint density at radius 1 is 1.07 bits per heavy atom. The monoisotopic (exact) mass is 394 g/mol. The summed E-state index contributed by atoms with van der Waals surface area (Å²) < 4.78 is 5.56. The maximum absolute atomic E-state index is 13.1. The minimum Gasteiger partial charge on any atom is -0.356 e. The number of carbonyl (C=O) groups excluding carboxylic acids is 1. The number of rotatable bonds is 4. The predicted molar refractivity (Wildman–Crippen MR) is 109 cm³/mol. The molecular formula is C23H30N4O2. The number of hydrogen-bond acceptors (Lipinski definition) is 5. The first kappa shape index (κ1) is 18.8. The summed E-state index contributed by atoms with van der Waals surface area (Å²) in [6.45, 7) is 3.57. The van der Waals surface area contributed by atoms with E-state index in [1.54, 1.807) is 0 Å². The molecule has 5 rings (SSSR count). The van der Waals surface area contributed by atoms with Gasteiger partial charge in [-0.05, 0) is 45.4 Å². The van der Waals surface area contributed by atoms with Gasteiger partial charge in [-0.3, -0.25) is 4.79 Å². The molecule has 3 heterocycles. The van der Waals surface area contributed by atoms with E-state index < -0.39 is 0 Å². The molecule has 1 unspecified atom stereocenters. The molecule has 6 nitrogen and oxygen atoms in total. The second-order valence-electron chi connectivity index (χ2n) is 9.09. The quantitative estimate of drug-likeness (QED) is 0.757. The lowest BCUT2D eigenvalue weighted by Crippen LogP contribution is -2.43. The summed E-state index contributed by atoms with van der Waals surface area (Å²) in [5.41, 5.74) is 2.83. The van der Waals surface area contributed by atoms with Crippen LogP contribution in [0.2, 0.25) is 0 Å². The van der Waals surface area contributed by atoms with Gasteiger partial charge in [0.15, 0.2) is 5.76 Å². The Balaban J connectivity index is 1.42. The maximum atomic E-state index is 13.1. The van der Waals surface area contributed by atoms with E-state index in [0.717, 1.165) is 67.3 Å². The van der Waals surface area contributed by atoms with Crippen LogP contribution in [0.15, 0.2) is 16.8 Å². The van der Waals surface area contributed by atoms with Crippen molar-refractivity contribution in [1.82, 2.24) is 20.0 Å². The molecule has 29 heavy (non-hydrogen) atoms. The molecule has 1 aliphatic heterocycles. The molecule has 2 aliphatic carbocycles. The average Bonchev–Trinajstić information content (AvgIpc) is 3.54. The molecule has 0 N–H and O–H groups in total.